The summed E-state index contributed by atoms with van der Waals surface area (Å²) in [6.07, 6.45) is 3.11. The topological polar surface area (TPSA) is 96.3 Å². The molecule has 4 rings (SSSR count). The SMILES string of the molecule is CCCCCOc1ccc(/C(O)=C2/C(=O)C(=O)N(c3cccc(Cl)c3)C2c2ccc(OC)c(O)c2)cc1. The summed E-state index contributed by atoms with van der Waals surface area (Å²) in [5.74, 6) is -1.29. The first-order chi connectivity index (χ1) is 17.8. The van der Waals surface area contributed by atoms with Crippen LogP contribution in [-0.2, 0) is 9.59 Å². The second-order valence-corrected chi connectivity index (χ2v) is 9.10. The Balaban J connectivity index is 1.79. The number of aromatic hydroxyl groups is 1. The molecule has 2 N–H and O–H groups in total. The molecule has 1 saturated heterocycles. The van der Waals surface area contributed by atoms with E-state index in [4.69, 9.17) is 21.1 Å². The van der Waals surface area contributed by atoms with Gasteiger partial charge >= 0.3 is 0 Å². The minimum atomic E-state index is -1.01. The van der Waals surface area contributed by atoms with Gasteiger partial charge in [0.15, 0.2) is 11.5 Å². The van der Waals surface area contributed by atoms with Crippen LogP contribution in [0.1, 0.15) is 43.4 Å². The van der Waals surface area contributed by atoms with Crippen molar-refractivity contribution in [2.75, 3.05) is 18.6 Å². The van der Waals surface area contributed by atoms with Crippen LogP contribution in [0.5, 0.6) is 17.2 Å². The lowest BCUT2D eigenvalue weighted by molar-refractivity contribution is -0.132. The molecule has 0 bridgehead atoms. The highest BCUT2D eigenvalue weighted by Crippen LogP contribution is 2.44. The molecule has 1 amide bonds. The minimum Gasteiger partial charge on any atom is -0.507 e. The van der Waals surface area contributed by atoms with Crippen molar-refractivity contribution < 1.29 is 29.3 Å². The summed E-state index contributed by atoms with van der Waals surface area (Å²) < 4.78 is 10.9. The summed E-state index contributed by atoms with van der Waals surface area (Å²) in [7, 11) is 1.42. The van der Waals surface area contributed by atoms with Gasteiger partial charge in [-0.15, -0.1) is 0 Å². The quantitative estimate of drug-likeness (QED) is 0.149. The molecule has 37 heavy (non-hydrogen) atoms. The number of carbonyl (C=O) groups excluding carboxylic acids is 2. The van der Waals surface area contributed by atoms with Crippen molar-refractivity contribution in [2.45, 2.75) is 32.2 Å². The normalized spacial score (nSPS) is 16.7. The van der Waals surface area contributed by atoms with Crippen LogP contribution in [0.2, 0.25) is 5.02 Å². The van der Waals surface area contributed by atoms with Gasteiger partial charge in [-0.3, -0.25) is 14.5 Å². The fourth-order valence-electron chi connectivity index (χ4n) is 4.32. The number of phenols is 1. The van der Waals surface area contributed by atoms with Crippen molar-refractivity contribution in [3.63, 3.8) is 0 Å². The largest absolute Gasteiger partial charge is 0.507 e. The molecule has 0 aliphatic carbocycles. The standard InChI is InChI=1S/C29H28ClNO6/c1-3-4-5-15-37-22-12-9-18(10-13-22)27(33)25-26(19-11-14-24(36-2)23(32)16-19)31(29(35)28(25)34)21-8-6-7-20(30)17-21/h6-14,16-17,26,32-33H,3-5,15H2,1-2H3/b27-25-. The lowest BCUT2D eigenvalue weighted by Crippen LogP contribution is -2.29. The first-order valence-electron chi connectivity index (χ1n) is 12.0. The van der Waals surface area contributed by atoms with Gasteiger partial charge in [-0.2, -0.15) is 0 Å². The van der Waals surface area contributed by atoms with E-state index in [-0.39, 0.29) is 22.8 Å². The molecular weight excluding hydrogens is 494 g/mol. The molecule has 0 saturated carbocycles. The number of methoxy groups -OCH3 is 1. The molecule has 3 aromatic carbocycles. The van der Waals surface area contributed by atoms with E-state index in [1.807, 2.05) is 0 Å². The van der Waals surface area contributed by atoms with Gasteiger partial charge < -0.3 is 19.7 Å². The zero-order chi connectivity index (χ0) is 26.5. The summed E-state index contributed by atoms with van der Waals surface area (Å²) in [4.78, 5) is 27.8. The number of aliphatic hydroxyl groups is 1. The predicted molar refractivity (Wildman–Crippen MR) is 142 cm³/mol. The number of hydrogen-bond donors (Lipinski definition) is 2. The summed E-state index contributed by atoms with van der Waals surface area (Å²) in [6.45, 7) is 2.71. The van der Waals surface area contributed by atoms with E-state index in [9.17, 15) is 19.8 Å². The van der Waals surface area contributed by atoms with Crippen LogP contribution >= 0.6 is 11.6 Å². The molecule has 1 heterocycles. The summed E-state index contributed by atoms with van der Waals surface area (Å²) in [5, 5.41) is 22.1. The molecular formula is C29H28ClNO6. The number of phenolic OH excluding ortho intramolecular Hbond substituents is 1. The number of hydrogen-bond acceptors (Lipinski definition) is 6. The Morgan fingerprint density at radius 1 is 1.03 bits per heavy atom. The zero-order valence-electron chi connectivity index (χ0n) is 20.6. The Kier molecular flexibility index (Phi) is 8.04. The Bertz CT molecular complexity index is 1330. The highest BCUT2D eigenvalue weighted by molar-refractivity contribution is 6.51. The molecule has 0 radical (unpaired) electrons. The van der Waals surface area contributed by atoms with Gasteiger partial charge in [0.05, 0.1) is 25.3 Å². The second kappa shape index (κ2) is 11.4. The van der Waals surface area contributed by atoms with Gasteiger partial charge in [-0.05, 0) is 66.6 Å². The smallest absolute Gasteiger partial charge is 0.300 e. The van der Waals surface area contributed by atoms with E-state index in [1.165, 1.54) is 24.1 Å². The fraction of sp³-hybridized carbons (Fsp3) is 0.241. The van der Waals surface area contributed by atoms with Gasteiger partial charge in [0.25, 0.3) is 11.7 Å². The average Bonchev–Trinajstić information content (AvgIpc) is 3.16. The second-order valence-electron chi connectivity index (χ2n) is 8.66. The maximum absolute atomic E-state index is 13.3. The molecule has 0 spiro atoms. The Morgan fingerprint density at radius 3 is 2.43 bits per heavy atom. The Hall–Kier alpha value is -3.97. The van der Waals surface area contributed by atoms with Crippen LogP contribution in [0, 0.1) is 0 Å². The van der Waals surface area contributed by atoms with Gasteiger partial charge in [-0.1, -0.05) is 43.5 Å². The third-order valence-corrected chi connectivity index (χ3v) is 6.43. The zero-order valence-corrected chi connectivity index (χ0v) is 21.4. The number of amides is 1. The Morgan fingerprint density at radius 2 is 1.78 bits per heavy atom. The highest BCUT2D eigenvalue weighted by Gasteiger charge is 2.47. The molecule has 1 fully saturated rings. The van der Waals surface area contributed by atoms with Crippen LogP contribution in [0.15, 0.2) is 72.3 Å². The summed E-state index contributed by atoms with van der Waals surface area (Å²) >= 11 is 6.18. The maximum atomic E-state index is 13.3. The third-order valence-electron chi connectivity index (χ3n) is 6.19. The number of Topliss-reactive ketones (excluding diaryl/α,β-unsaturated/α-hetero) is 1. The number of ether oxygens (including phenoxy) is 2. The van der Waals surface area contributed by atoms with Gasteiger partial charge in [0, 0.05) is 16.3 Å². The third kappa shape index (κ3) is 5.42. The first-order valence-corrected chi connectivity index (χ1v) is 12.4. The molecule has 7 nitrogen and oxygen atoms in total. The predicted octanol–water partition coefficient (Wildman–Crippen LogP) is 6.25. The van der Waals surface area contributed by atoms with Crippen molar-refractivity contribution in [1.82, 2.24) is 0 Å². The lowest BCUT2D eigenvalue weighted by atomic mass is 9.94. The Labute approximate surface area is 220 Å². The van der Waals surface area contributed by atoms with Crippen LogP contribution < -0.4 is 14.4 Å². The number of aliphatic hydroxyl groups excluding tert-OH is 1. The van der Waals surface area contributed by atoms with Crippen LogP contribution in [-0.4, -0.2) is 35.6 Å². The first kappa shape index (κ1) is 26.1. The van der Waals surface area contributed by atoms with E-state index in [1.54, 1.807) is 54.6 Å². The molecule has 1 aliphatic rings. The van der Waals surface area contributed by atoms with Crippen molar-refractivity contribution in [3.05, 3.63) is 88.5 Å². The minimum absolute atomic E-state index is 0.105. The van der Waals surface area contributed by atoms with Gasteiger partial charge in [0.1, 0.15) is 11.5 Å². The number of unbranched alkanes of at least 4 members (excludes halogenated alkanes) is 2. The van der Waals surface area contributed by atoms with Crippen molar-refractivity contribution >= 4 is 34.7 Å². The number of anilines is 1. The highest BCUT2D eigenvalue weighted by atomic mass is 35.5. The summed E-state index contributed by atoms with van der Waals surface area (Å²) in [5.41, 5.74) is 1.04. The van der Waals surface area contributed by atoms with E-state index in [2.05, 4.69) is 6.92 Å². The molecule has 8 heteroatoms. The number of benzene rings is 3. The molecule has 0 aromatic heterocycles. The van der Waals surface area contributed by atoms with Crippen molar-refractivity contribution in [1.29, 1.82) is 0 Å². The molecule has 1 aliphatic heterocycles. The molecule has 1 atom stereocenters. The van der Waals surface area contributed by atoms with Gasteiger partial charge in [-0.25, -0.2) is 0 Å². The molecule has 1 unspecified atom stereocenters. The number of carbonyl (C=O) groups is 2. The number of halogens is 1. The average molecular weight is 522 g/mol. The number of ketones is 1. The molecule has 3 aromatic rings. The molecule has 192 valence electrons. The van der Waals surface area contributed by atoms with Crippen molar-refractivity contribution in [3.8, 4) is 17.2 Å². The van der Waals surface area contributed by atoms with Crippen LogP contribution in [0.4, 0.5) is 5.69 Å². The number of rotatable bonds is 9. The lowest BCUT2D eigenvalue weighted by Gasteiger charge is -2.26. The maximum Gasteiger partial charge on any atom is 0.300 e. The monoisotopic (exact) mass is 521 g/mol. The van der Waals surface area contributed by atoms with E-state index in [0.717, 1.165) is 19.3 Å². The number of nitrogens with zero attached hydrogens (tertiary/aromatic N) is 1. The van der Waals surface area contributed by atoms with E-state index < -0.39 is 17.7 Å². The summed E-state index contributed by atoms with van der Waals surface area (Å²) in [6, 6.07) is 16.8. The van der Waals surface area contributed by atoms with Crippen molar-refractivity contribution in [2.24, 2.45) is 0 Å². The van der Waals surface area contributed by atoms with Gasteiger partial charge in [0.2, 0.25) is 0 Å². The van der Waals surface area contributed by atoms with E-state index >= 15 is 0 Å². The van der Waals surface area contributed by atoms with Crippen LogP contribution in [0.25, 0.3) is 5.76 Å². The van der Waals surface area contributed by atoms with E-state index in [0.29, 0.717) is 34.2 Å². The van der Waals surface area contributed by atoms with Crippen LogP contribution in [0.3, 0.4) is 0 Å². The fourth-order valence-corrected chi connectivity index (χ4v) is 4.51.